The molecule has 0 saturated carbocycles. The lowest BCUT2D eigenvalue weighted by Crippen LogP contribution is -2.36. The van der Waals surface area contributed by atoms with Crippen LogP contribution in [0.1, 0.15) is 50.0 Å². The fourth-order valence-electron chi connectivity index (χ4n) is 4.62. The number of pyridine rings is 2. The predicted octanol–water partition coefficient (Wildman–Crippen LogP) is 4.08. The molecule has 0 amide bonds. The van der Waals surface area contributed by atoms with Crippen LogP contribution in [0.4, 0.5) is 11.5 Å². The largest absolute Gasteiger partial charge is 0.404 e. The van der Waals surface area contributed by atoms with Crippen LogP contribution in [0, 0.1) is 0 Å². The van der Waals surface area contributed by atoms with Crippen LogP contribution in [0.3, 0.4) is 0 Å². The first kappa shape index (κ1) is 25.0. The molecule has 192 valence electrons. The van der Waals surface area contributed by atoms with Crippen molar-refractivity contribution in [2.24, 2.45) is 10.7 Å². The summed E-state index contributed by atoms with van der Waals surface area (Å²) in [6.07, 6.45) is 12.7. The summed E-state index contributed by atoms with van der Waals surface area (Å²) >= 11 is 0. The van der Waals surface area contributed by atoms with Gasteiger partial charge >= 0.3 is 0 Å². The van der Waals surface area contributed by atoms with E-state index in [9.17, 15) is 0 Å². The van der Waals surface area contributed by atoms with E-state index < -0.39 is 0 Å². The standard InChI is InChI=1S/C28H34N8O/c1-19-4-5-21(17-32-19)28-35-26(20-3-2-9-30-16-20)14-27(36-28)34-24-6-10-31-25(13-24)22(15-29)18-33-23-7-11-37-12-8-23/h2-3,6,9-10,13-16,18-19,21,23,32H,4-5,7-8,11-12,17,29H2,1H3,(H,31,34,35,36)/t19-,21+/m0/s1. The van der Waals surface area contributed by atoms with Gasteiger partial charge in [0.15, 0.2) is 0 Å². The predicted molar refractivity (Wildman–Crippen MR) is 147 cm³/mol. The second-order valence-corrected chi connectivity index (χ2v) is 9.62. The maximum Gasteiger partial charge on any atom is 0.135 e. The van der Waals surface area contributed by atoms with Crippen molar-refractivity contribution in [3.8, 4) is 11.3 Å². The van der Waals surface area contributed by atoms with E-state index in [1.54, 1.807) is 18.6 Å². The first-order chi connectivity index (χ1) is 18.2. The molecule has 2 fully saturated rings. The van der Waals surface area contributed by atoms with Crippen molar-refractivity contribution in [1.29, 1.82) is 0 Å². The van der Waals surface area contributed by atoms with Gasteiger partial charge in [0.05, 0.1) is 17.4 Å². The molecule has 9 nitrogen and oxygen atoms in total. The highest BCUT2D eigenvalue weighted by Gasteiger charge is 2.23. The number of aliphatic imine (C=N–C) groups is 1. The van der Waals surface area contributed by atoms with Gasteiger partial charge in [0.2, 0.25) is 0 Å². The maximum atomic E-state index is 5.95. The lowest BCUT2D eigenvalue weighted by Gasteiger charge is -2.27. The third kappa shape index (κ3) is 6.55. The Hall–Kier alpha value is -3.69. The number of anilines is 2. The molecule has 2 atom stereocenters. The summed E-state index contributed by atoms with van der Waals surface area (Å²) in [5.41, 5.74) is 10.1. The molecular weight excluding hydrogens is 464 g/mol. The number of hydrogen-bond acceptors (Lipinski definition) is 9. The van der Waals surface area contributed by atoms with Crippen molar-refractivity contribution >= 4 is 23.3 Å². The summed E-state index contributed by atoms with van der Waals surface area (Å²) in [6, 6.07) is 10.6. The smallest absolute Gasteiger partial charge is 0.135 e. The Morgan fingerprint density at radius 3 is 2.78 bits per heavy atom. The second kappa shape index (κ2) is 12.0. The van der Waals surface area contributed by atoms with Crippen LogP contribution in [0.5, 0.6) is 0 Å². The SMILES string of the molecule is C[C@H]1CC[C@@H](c2nc(Nc3ccnc(C(C=NC4CCOCC4)=CN)c3)cc(-c3cccnc3)n2)CN1. The molecule has 5 heterocycles. The van der Waals surface area contributed by atoms with Crippen LogP contribution in [0.2, 0.25) is 0 Å². The molecule has 0 unspecified atom stereocenters. The number of nitrogens with zero attached hydrogens (tertiary/aromatic N) is 5. The normalized spacial score (nSPS) is 21.3. The topological polar surface area (TPSA) is 123 Å². The van der Waals surface area contributed by atoms with E-state index in [4.69, 9.17) is 25.4 Å². The minimum Gasteiger partial charge on any atom is -0.404 e. The Kier molecular flexibility index (Phi) is 8.12. The molecule has 3 aromatic heterocycles. The summed E-state index contributed by atoms with van der Waals surface area (Å²) in [6.45, 7) is 4.58. The number of rotatable bonds is 7. The lowest BCUT2D eigenvalue weighted by molar-refractivity contribution is 0.0872. The number of hydrogen-bond donors (Lipinski definition) is 3. The minimum absolute atomic E-state index is 0.257. The molecule has 2 aliphatic heterocycles. The van der Waals surface area contributed by atoms with Gasteiger partial charge in [-0.05, 0) is 56.9 Å². The molecule has 2 saturated heterocycles. The van der Waals surface area contributed by atoms with E-state index in [0.717, 1.165) is 85.3 Å². The lowest BCUT2D eigenvalue weighted by atomic mass is 9.94. The van der Waals surface area contributed by atoms with E-state index in [1.807, 2.05) is 42.7 Å². The van der Waals surface area contributed by atoms with Gasteiger partial charge in [-0.1, -0.05) is 0 Å². The molecule has 0 aliphatic carbocycles. The van der Waals surface area contributed by atoms with Crippen LogP contribution in [0.25, 0.3) is 16.8 Å². The zero-order valence-corrected chi connectivity index (χ0v) is 21.2. The highest BCUT2D eigenvalue weighted by atomic mass is 16.5. The van der Waals surface area contributed by atoms with E-state index in [-0.39, 0.29) is 12.0 Å². The fourth-order valence-corrected chi connectivity index (χ4v) is 4.62. The Balaban J connectivity index is 1.40. The molecule has 3 aromatic rings. The zero-order chi connectivity index (χ0) is 25.5. The van der Waals surface area contributed by atoms with Crippen molar-refractivity contribution in [2.75, 3.05) is 25.1 Å². The molecule has 5 rings (SSSR count). The summed E-state index contributed by atoms with van der Waals surface area (Å²) in [5.74, 6) is 1.83. The van der Waals surface area contributed by atoms with E-state index >= 15 is 0 Å². The quantitative estimate of drug-likeness (QED) is 0.416. The van der Waals surface area contributed by atoms with Crippen molar-refractivity contribution in [2.45, 2.75) is 50.6 Å². The second-order valence-electron chi connectivity index (χ2n) is 9.62. The van der Waals surface area contributed by atoms with Crippen LogP contribution in [-0.4, -0.2) is 58.0 Å². The first-order valence-electron chi connectivity index (χ1n) is 13.0. The van der Waals surface area contributed by atoms with Gasteiger partial charge in [-0.15, -0.1) is 0 Å². The van der Waals surface area contributed by atoms with E-state index in [0.29, 0.717) is 6.04 Å². The van der Waals surface area contributed by atoms with Crippen LogP contribution < -0.4 is 16.4 Å². The molecule has 37 heavy (non-hydrogen) atoms. The molecule has 0 bridgehead atoms. The third-order valence-corrected chi connectivity index (χ3v) is 6.85. The molecule has 0 radical (unpaired) electrons. The van der Waals surface area contributed by atoms with Gasteiger partial charge in [-0.2, -0.15) is 0 Å². The number of piperidine rings is 1. The molecule has 0 spiro atoms. The van der Waals surface area contributed by atoms with Crippen LogP contribution in [-0.2, 0) is 4.74 Å². The minimum atomic E-state index is 0.257. The number of allylic oxidation sites excluding steroid dienone is 1. The summed E-state index contributed by atoms with van der Waals surface area (Å²) < 4.78 is 5.43. The van der Waals surface area contributed by atoms with Crippen LogP contribution >= 0.6 is 0 Å². The van der Waals surface area contributed by atoms with Crippen molar-refractivity contribution in [3.05, 3.63) is 66.6 Å². The van der Waals surface area contributed by atoms with Crippen molar-refractivity contribution in [3.63, 3.8) is 0 Å². The van der Waals surface area contributed by atoms with Crippen molar-refractivity contribution < 1.29 is 4.74 Å². The molecule has 9 heteroatoms. The van der Waals surface area contributed by atoms with Gasteiger partial charge in [0, 0.05) is 85.6 Å². The molecule has 0 aromatic carbocycles. The zero-order valence-electron chi connectivity index (χ0n) is 21.2. The maximum absolute atomic E-state index is 5.95. The van der Waals surface area contributed by atoms with Gasteiger partial charge in [-0.25, -0.2) is 9.97 Å². The number of aromatic nitrogens is 4. The van der Waals surface area contributed by atoms with Gasteiger partial charge in [0.1, 0.15) is 11.6 Å². The molecule has 2 aliphatic rings. The highest BCUT2D eigenvalue weighted by molar-refractivity contribution is 6.09. The number of ether oxygens (including phenoxy) is 1. The fraction of sp³-hybridized carbons (Fsp3) is 0.393. The molecule has 4 N–H and O–H groups in total. The average molecular weight is 499 g/mol. The number of nitrogens with one attached hydrogen (secondary N) is 2. The Morgan fingerprint density at radius 2 is 2.03 bits per heavy atom. The first-order valence-corrected chi connectivity index (χ1v) is 13.0. The van der Waals surface area contributed by atoms with E-state index in [1.165, 1.54) is 0 Å². The summed E-state index contributed by atoms with van der Waals surface area (Å²) in [4.78, 5) is 23.4. The average Bonchev–Trinajstić information content (AvgIpc) is 2.95. The number of nitrogens with two attached hydrogens (primary N) is 1. The Bertz CT molecular complexity index is 1230. The monoisotopic (exact) mass is 498 g/mol. The summed E-state index contributed by atoms with van der Waals surface area (Å²) in [5, 5.41) is 7.03. The van der Waals surface area contributed by atoms with E-state index in [2.05, 4.69) is 27.5 Å². The third-order valence-electron chi connectivity index (χ3n) is 6.85. The van der Waals surface area contributed by atoms with Gasteiger partial charge in [-0.3, -0.25) is 15.0 Å². The van der Waals surface area contributed by atoms with Gasteiger partial charge in [0.25, 0.3) is 0 Å². The Morgan fingerprint density at radius 1 is 1.14 bits per heavy atom. The highest BCUT2D eigenvalue weighted by Crippen LogP contribution is 2.28. The Labute approximate surface area is 217 Å². The summed E-state index contributed by atoms with van der Waals surface area (Å²) in [7, 11) is 0. The van der Waals surface area contributed by atoms with Gasteiger partial charge < -0.3 is 21.1 Å². The van der Waals surface area contributed by atoms with Crippen LogP contribution in [0.15, 0.2) is 60.1 Å². The molecular formula is C28H34N8O. The van der Waals surface area contributed by atoms with Crippen molar-refractivity contribution in [1.82, 2.24) is 25.3 Å².